The predicted octanol–water partition coefficient (Wildman–Crippen LogP) is 3.99. The van der Waals surface area contributed by atoms with Crippen LogP contribution in [0, 0.1) is 17.8 Å². The molecule has 0 bridgehead atoms. The van der Waals surface area contributed by atoms with Gasteiger partial charge in [-0.25, -0.2) is 0 Å². The fourth-order valence-electron chi connectivity index (χ4n) is 4.00. The molecule has 2 fully saturated rings. The maximum absolute atomic E-state index is 6.52. The molecule has 0 saturated heterocycles. The van der Waals surface area contributed by atoms with Crippen molar-refractivity contribution < 1.29 is 4.74 Å². The summed E-state index contributed by atoms with van der Waals surface area (Å²) in [4.78, 5) is 0. The second-order valence-corrected chi connectivity index (χ2v) is 7.28. The third-order valence-corrected chi connectivity index (χ3v) is 5.40. The van der Waals surface area contributed by atoms with Crippen molar-refractivity contribution in [1.29, 1.82) is 0 Å². The topological polar surface area (TPSA) is 21.3 Å². The van der Waals surface area contributed by atoms with Crippen molar-refractivity contribution >= 4 is 0 Å². The molecule has 0 spiro atoms. The van der Waals surface area contributed by atoms with Crippen LogP contribution < -0.4 is 5.32 Å². The second kappa shape index (κ2) is 7.08. The molecule has 112 valence electrons. The monoisotopic (exact) mass is 267 g/mol. The zero-order valence-corrected chi connectivity index (χ0v) is 13.3. The van der Waals surface area contributed by atoms with Gasteiger partial charge in [0.2, 0.25) is 0 Å². The first-order valence-corrected chi connectivity index (χ1v) is 8.42. The molecule has 0 amide bonds. The van der Waals surface area contributed by atoms with Crippen molar-refractivity contribution in [2.75, 3.05) is 7.05 Å². The van der Waals surface area contributed by atoms with Crippen molar-refractivity contribution in [1.82, 2.24) is 5.32 Å². The lowest BCUT2D eigenvalue weighted by Gasteiger charge is -2.40. The first-order valence-electron chi connectivity index (χ1n) is 8.42. The molecule has 0 aromatic rings. The SMILES string of the molecule is CNC1CCC(C(C)C)CC1OC1CCCC(C)C1. The van der Waals surface area contributed by atoms with E-state index in [-0.39, 0.29) is 0 Å². The molecule has 2 aliphatic carbocycles. The van der Waals surface area contributed by atoms with Gasteiger partial charge >= 0.3 is 0 Å². The Bertz CT molecular complexity index is 266. The van der Waals surface area contributed by atoms with E-state index in [4.69, 9.17) is 4.74 Å². The third-order valence-electron chi connectivity index (χ3n) is 5.40. The van der Waals surface area contributed by atoms with Gasteiger partial charge in [0.25, 0.3) is 0 Å². The summed E-state index contributed by atoms with van der Waals surface area (Å²) in [6, 6.07) is 0.576. The zero-order chi connectivity index (χ0) is 13.8. The van der Waals surface area contributed by atoms with Crippen molar-refractivity contribution in [2.45, 2.75) is 84.0 Å². The Morgan fingerprint density at radius 1 is 1.05 bits per heavy atom. The van der Waals surface area contributed by atoms with Crippen molar-refractivity contribution in [3.8, 4) is 0 Å². The molecule has 19 heavy (non-hydrogen) atoms. The molecule has 0 radical (unpaired) electrons. The van der Waals surface area contributed by atoms with Crippen LogP contribution in [0.2, 0.25) is 0 Å². The average molecular weight is 267 g/mol. The van der Waals surface area contributed by atoms with Crippen molar-refractivity contribution in [2.24, 2.45) is 17.8 Å². The smallest absolute Gasteiger partial charge is 0.0734 e. The van der Waals surface area contributed by atoms with E-state index >= 15 is 0 Å². The van der Waals surface area contributed by atoms with Crippen LogP contribution in [-0.4, -0.2) is 25.3 Å². The van der Waals surface area contributed by atoms with Gasteiger partial charge < -0.3 is 10.1 Å². The lowest BCUT2D eigenvalue weighted by molar-refractivity contribution is -0.0785. The Morgan fingerprint density at radius 3 is 2.47 bits per heavy atom. The fourth-order valence-corrected chi connectivity index (χ4v) is 4.00. The van der Waals surface area contributed by atoms with Crippen LogP contribution >= 0.6 is 0 Å². The summed E-state index contributed by atoms with van der Waals surface area (Å²) in [5.74, 6) is 2.51. The Morgan fingerprint density at radius 2 is 1.84 bits per heavy atom. The number of nitrogens with one attached hydrogen (secondary N) is 1. The van der Waals surface area contributed by atoms with Gasteiger partial charge in [0.1, 0.15) is 0 Å². The molecule has 2 rings (SSSR count). The highest BCUT2D eigenvalue weighted by Gasteiger charge is 2.34. The first kappa shape index (κ1) is 15.3. The molecule has 5 atom stereocenters. The molecular weight excluding hydrogens is 234 g/mol. The molecule has 2 aliphatic rings. The van der Waals surface area contributed by atoms with Crippen LogP contribution in [0.1, 0.15) is 65.7 Å². The maximum Gasteiger partial charge on any atom is 0.0734 e. The summed E-state index contributed by atoms with van der Waals surface area (Å²) < 4.78 is 6.52. The number of hydrogen-bond acceptors (Lipinski definition) is 2. The van der Waals surface area contributed by atoms with Gasteiger partial charge in [0.15, 0.2) is 0 Å². The van der Waals surface area contributed by atoms with E-state index in [1.807, 2.05) is 0 Å². The predicted molar refractivity (Wildman–Crippen MR) is 81.3 cm³/mol. The molecule has 5 unspecified atom stereocenters. The molecular formula is C17H33NO. The largest absolute Gasteiger partial charge is 0.373 e. The highest BCUT2D eigenvalue weighted by atomic mass is 16.5. The lowest BCUT2D eigenvalue weighted by Crippen LogP contribution is -2.46. The minimum Gasteiger partial charge on any atom is -0.373 e. The van der Waals surface area contributed by atoms with Crippen LogP contribution in [0.5, 0.6) is 0 Å². The summed E-state index contributed by atoms with van der Waals surface area (Å²) in [6.45, 7) is 7.11. The summed E-state index contributed by atoms with van der Waals surface area (Å²) in [6.07, 6.45) is 10.2. The third kappa shape index (κ3) is 4.19. The molecule has 0 aromatic carbocycles. The number of likely N-dealkylation sites (N-methyl/N-ethyl adjacent to an activating group) is 1. The van der Waals surface area contributed by atoms with Crippen LogP contribution in [0.15, 0.2) is 0 Å². The minimum absolute atomic E-state index is 0.446. The van der Waals surface area contributed by atoms with E-state index in [1.165, 1.54) is 44.9 Å². The van der Waals surface area contributed by atoms with Gasteiger partial charge in [-0.05, 0) is 56.9 Å². The molecule has 2 nitrogen and oxygen atoms in total. The number of rotatable bonds is 4. The van der Waals surface area contributed by atoms with Crippen LogP contribution in [-0.2, 0) is 4.74 Å². The van der Waals surface area contributed by atoms with E-state index in [9.17, 15) is 0 Å². The molecule has 2 heteroatoms. The van der Waals surface area contributed by atoms with E-state index in [1.54, 1.807) is 0 Å². The van der Waals surface area contributed by atoms with Crippen LogP contribution in [0.3, 0.4) is 0 Å². The molecule has 0 aromatic heterocycles. The van der Waals surface area contributed by atoms with Gasteiger partial charge in [-0.2, -0.15) is 0 Å². The van der Waals surface area contributed by atoms with Crippen molar-refractivity contribution in [3.63, 3.8) is 0 Å². The highest BCUT2D eigenvalue weighted by molar-refractivity contribution is 4.87. The molecule has 2 saturated carbocycles. The van der Waals surface area contributed by atoms with Crippen LogP contribution in [0.4, 0.5) is 0 Å². The van der Waals surface area contributed by atoms with Gasteiger partial charge in [-0.3, -0.25) is 0 Å². The zero-order valence-electron chi connectivity index (χ0n) is 13.3. The van der Waals surface area contributed by atoms with Gasteiger partial charge in [0, 0.05) is 6.04 Å². The summed E-state index contributed by atoms with van der Waals surface area (Å²) in [7, 11) is 2.10. The number of hydrogen-bond donors (Lipinski definition) is 1. The van der Waals surface area contributed by atoms with E-state index in [0.717, 1.165) is 17.8 Å². The number of ether oxygens (including phenoxy) is 1. The Kier molecular flexibility index (Phi) is 5.70. The van der Waals surface area contributed by atoms with E-state index in [0.29, 0.717) is 18.2 Å². The fraction of sp³-hybridized carbons (Fsp3) is 1.00. The van der Waals surface area contributed by atoms with Gasteiger partial charge in [0.05, 0.1) is 12.2 Å². The quantitative estimate of drug-likeness (QED) is 0.831. The second-order valence-electron chi connectivity index (χ2n) is 7.28. The highest BCUT2D eigenvalue weighted by Crippen LogP contribution is 2.34. The molecule has 0 aliphatic heterocycles. The summed E-state index contributed by atoms with van der Waals surface area (Å²) in [5, 5.41) is 3.49. The van der Waals surface area contributed by atoms with Gasteiger partial charge in [-0.15, -0.1) is 0 Å². The minimum atomic E-state index is 0.446. The van der Waals surface area contributed by atoms with E-state index in [2.05, 4.69) is 33.1 Å². The average Bonchev–Trinajstić information content (AvgIpc) is 2.38. The Hall–Kier alpha value is -0.0800. The van der Waals surface area contributed by atoms with E-state index < -0.39 is 0 Å². The van der Waals surface area contributed by atoms with Crippen LogP contribution in [0.25, 0.3) is 0 Å². The standard InChI is InChI=1S/C17H33NO/c1-12(2)14-8-9-16(18-4)17(11-14)19-15-7-5-6-13(3)10-15/h12-18H,5-11H2,1-4H3. The van der Waals surface area contributed by atoms with Gasteiger partial charge in [-0.1, -0.05) is 33.6 Å². The summed E-state index contributed by atoms with van der Waals surface area (Å²) >= 11 is 0. The van der Waals surface area contributed by atoms with Crippen molar-refractivity contribution in [3.05, 3.63) is 0 Å². The molecule has 1 N–H and O–H groups in total. The summed E-state index contributed by atoms with van der Waals surface area (Å²) in [5.41, 5.74) is 0. The normalized spacial score (nSPS) is 40.6. The lowest BCUT2D eigenvalue weighted by atomic mass is 9.77. The Balaban J connectivity index is 1.90. The maximum atomic E-state index is 6.52. The molecule has 0 heterocycles. The Labute approximate surface area is 119 Å². The first-order chi connectivity index (χ1) is 9.10.